The zero-order valence-corrected chi connectivity index (χ0v) is 23.6. The van der Waals surface area contributed by atoms with Crippen LogP contribution in [0.5, 0.6) is 0 Å². The number of oxazole rings is 1. The highest BCUT2D eigenvalue weighted by Gasteiger charge is 2.43. The molecule has 3 atom stereocenters. The zero-order chi connectivity index (χ0) is 31.1. The largest absolute Gasteiger partial charge is 0.436 e. The number of amides is 2. The second kappa shape index (κ2) is 11.7. The van der Waals surface area contributed by atoms with Gasteiger partial charge in [-0.05, 0) is 47.5 Å². The van der Waals surface area contributed by atoms with Crippen molar-refractivity contribution in [1.29, 1.82) is 0 Å². The van der Waals surface area contributed by atoms with Gasteiger partial charge in [-0.3, -0.25) is 19.5 Å². The summed E-state index contributed by atoms with van der Waals surface area (Å²) in [5.74, 6) is -0.824. The number of alkyl halides is 3. The second-order valence-electron chi connectivity index (χ2n) is 10.9. The minimum absolute atomic E-state index is 0.153. The topological polar surface area (TPSA) is 135 Å². The van der Waals surface area contributed by atoms with Gasteiger partial charge in [-0.1, -0.05) is 35.1 Å². The Hall–Kier alpha value is -5.18. The van der Waals surface area contributed by atoms with Crippen molar-refractivity contribution >= 4 is 28.6 Å². The van der Waals surface area contributed by atoms with Crippen molar-refractivity contribution in [2.24, 2.45) is 5.92 Å². The van der Waals surface area contributed by atoms with Gasteiger partial charge in [0.1, 0.15) is 17.4 Å². The fourth-order valence-electron chi connectivity index (χ4n) is 5.41. The van der Waals surface area contributed by atoms with Gasteiger partial charge in [0.15, 0.2) is 11.4 Å². The number of carbonyl (C=O) groups is 2. The van der Waals surface area contributed by atoms with Crippen molar-refractivity contribution in [2.75, 3.05) is 31.5 Å². The number of benzene rings is 2. The predicted octanol–water partition coefficient (Wildman–Crippen LogP) is 4.12. The normalized spacial score (nSPS) is 19.2. The number of nitrogens with zero attached hydrogens (tertiary/aromatic N) is 8. The molecule has 2 amide bonds. The Kier molecular flexibility index (Phi) is 7.45. The number of nitrogens with one attached hydrogen (secondary N) is 1. The van der Waals surface area contributed by atoms with Crippen LogP contribution >= 0.6 is 0 Å². The fourth-order valence-corrected chi connectivity index (χ4v) is 5.41. The van der Waals surface area contributed by atoms with Crippen LogP contribution in [0.3, 0.4) is 0 Å². The highest BCUT2D eigenvalue weighted by Crippen LogP contribution is 2.35. The summed E-state index contributed by atoms with van der Waals surface area (Å²) in [6, 6.07) is 17.1. The summed E-state index contributed by atoms with van der Waals surface area (Å²) >= 11 is 0. The number of pyridine rings is 1. The molecule has 0 unspecified atom stereocenters. The molecule has 4 heterocycles. The maximum Gasteiger partial charge on any atom is 0.350 e. The molecule has 1 N–H and O–H groups in total. The number of anilines is 1. The van der Waals surface area contributed by atoms with Crippen molar-refractivity contribution in [1.82, 2.24) is 40.0 Å². The van der Waals surface area contributed by atoms with Crippen molar-refractivity contribution in [3.63, 3.8) is 0 Å². The van der Waals surface area contributed by atoms with E-state index in [9.17, 15) is 22.8 Å². The minimum Gasteiger partial charge on any atom is -0.436 e. The van der Waals surface area contributed by atoms with Crippen LogP contribution in [0.4, 0.5) is 18.9 Å². The number of hydrogen-bond acceptors (Lipinski definition) is 9. The standard InChI is InChI=1S/C30H26F3N9O3/c31-21-16-20(21)27(43)35-19-6-7-24-22(15-19)36-28(45-24)18-8-9-34-23(14-18)29(44)41-12-10-40(11-13-41)25(17-4-2-1-3-5-17)26-37-39-42(38-26)30(32)33/h1-9,14-15,20-21,25,30H,10-13,16H2,(H,35,43)/t20-,21-,25+/m1/s1. The van der Waals surface area contributed by atoms with E-state index in [1.54, 1.807) is 35.2 Å². The molecule has 0 bridgehead atoms. The van der Waals surface area contributed by atoms with Gasteiger partial charge in [0, 0.05) is 43.6 Å². The van der Waals surface area contributed by atoms with E-state index in [1.165, 1.54) is 6.20 Å². The van der Waals surface area contributed by atoms with E-state index in [1.807, 2.05) is 35.2 Å². The van der Waals surface area contributed by atoms with Crippen molar-refractivity contribution in [3.8, 4) is 11.5 Å². The molecular formula is C30H26F3N9O3. The first-order valence-corrected chi connectivity index (χ1v) is 14.3. The van der Waals surface area contributed by atoms with Crippen LogP contribution in [0.15, 0.2) is 71.3 Å². The molecule has 2 aromatic carbocycles. The number of carbonyl (C=O) groups excluding carboxylic acids is 2. The van der Waals surface area contributed by atoms with Crippen molar-refractivity contribution in [3.05, 3.63) is 83.9 Å². The number of rotatable bonds is 8. The number of hydrogen-bond donors (Lipinski definition) is 1. The molecule has 1 saturated carbocycles. The molecule has 2 fully saturated rings. The maximum absolute atomic E-state index is 13.5. The SMILES string of the molecule is O=C(Nc1ccc2oc(-c3ccnc(C(=O)N4CCN([C@@H](c5ccccc5)c5nnn(C(F)F)n5)CC4)c3)nc2c1)[C@@H]1C[C@H]1F. The third kappa shape index (κ3) is 5.85. The van der Waals surface area contributed by atoms with Crippen LogP contribution in [-0.4, -0.2) is 84.1 Å². The smallest absolute Gasteiger partial charge is 0.350 e. The lowest BCUT2D eigenvalue weighted by molar-refractivity contribution is -0.117. The summed E-state index contributed by atoms with van der Waals surface area (Å²) in [7, 11) is 0. The van der Waals surface area contributed by atoms with Crippen LogP contribution in [0, 0.1) is 5.92 Å². The third-order valence-corrected chi connectivity index (χ3v) is 7.88. The van der Waals surface area contributed by atoms with E-state index in [2.05, 4.69) is 30.7 Å². The number of aromatic nitrogens is 6. The molecule has 12 nitrogen and oxygen atoms in total. The highest BCUT2D eigenvalue weighted by molar-refractivity contribution is 5.96. The fraction of sp³-hybridized carbons (Fsp3) is 0.300. The average Bonchev–Trinajstić information content (AvgIpc) is 3.40. The highest BCUT2D eigenvalue weighted by atomic mass is 19.3. The summed E-state index contributed by atoms with van der Waals surface area (Å²) < 4.78 is 45.5. The van der Waals surface area contributed by atoms with Crippen molar-refractivity contribution < 1.29 is 27.2 Å². The van der Waals surface area contributed by atoms with Gasteiger partial charge in [-0.15, -0.1) is 10.2 Å². The Bertz CT molecular complexity index is 1860. The van der Waals surface area contributed by atoms with E-state index >= 15 is 0 Å². The molecular weight excluding hydrogens is 591 g/mol. The van der Waals surface area contributed by atoms with E-state index in [4.69, 9.17) is 4.42 Å². The van der Waals surface area contributed by atoms with Crippen molar-refractivity contribution in [2.45, 2.75) is 25.2 Å². The van der Waals surface area contributed by atoms with Gasteiger partial charge < -0.3 is 14.6 Å². The lowest BCUT2D eigenvalue weighted by Crippen LogP contribution is -2.50. The van der Waals surface area contributed by atoms with Gasteiger partial charge in [-0.25, -0.2) is 9.37 Å². The quantitative estimate of drug-likeness (QED) is 0.273. The predicted molar refractivity (Wildman–Crippen MR) is 154 cm³/mol. The third-order valence-electron chi connectivity index (χ3n) is 7.88. The van der Waals surface area contributed by atoms with Crippen LogP contribution in [0.1, 0.15) is 40.9 Å². The van der Waals surface area contributed by atoms with Crippen LogP contribution in [0.2, 0.25) is 0 Å². The Morgan fingerprint density at radius 2 is 1.78 bits per heavy atom. The Balaban J connectivity index is 1.05. The van der Waals surface area contributed by atoms with Gasteiger partial charge in [0.25, 0.3) is 5.91 Å². The molecule has 0 radical (unpaired) electrons. The van der Waals surface area contributed by atoms with E-state index in [0.717, 1.165) is 5.56 Å². The molecule has 7 rings (SSSR count). The number of halogens is 3. The van der Waals surface area contributed by atoms with Gasteiger partial charge in [0.05, 0.1) is 12.0 Å². The average molecular weight is 618 g/mol. The summed E-state index contributed by atoms with van der Waals surface area (Å²) in [6.07, 6.45) is 0.651. The first-order valence-electron chi connectivity index (χ1n) is 14.3. The van der Waals surface area contributed by atoms with E-state index in [-0.39, 0.29) is 40.4 Å². The molecule has 1 saturated heterocycles. The summed E-state index contributed by atoms with van der Waals surface area (Å²) in [6.45, 7) is -1.31. The minimum atomic E-state index is -2.90. The van der Waals surface area contributed by atoms with Crippen LogP contribution in [0.25, 0.3) is 22.6 Å². The van der Waals surface area contributed by atoms with E-state index < -0.39 is 24.7 Å². The number of fused-ring (bicyclic) bond motifs is 1. The van der Waals surface area contributed by atoms with E-state index in [0.29, 0.717) is 48.5 Å². The molecule has 2 aliphatic rings. The second-order valence-corrected chi connectivity index (χ2v) is 10.9. The van der Waals surface area contributed by atoms with Gasteiger partial charge in [0.2, 0.25) is 11.8 Å². The number of tetrazole rings is 1. The first kappa shape index (κ1) is 28.6. The molecule has 1 aliphatic heterocycles. The van der Waals surface area contributed by atoms with Crippen LogP contribution in [-0.2, 0) is 4.79 Å². The monoisotopic (exact) mass is 617 g/mol. The van der Waals surface area contributed by atoms with Gasteiger partial charge >= 0.3 is 6.55 Å². The zero-order valence-electron chi connectivity index (χ0n) is 23.6. The number of piperazine rings is 1. The molecule has 230 valence electrons. The lowest BCUT2D eigenvalue weighted by atomic mass is 10.0. The molecule has 3 aromatic heterocycles. The summed E-state index contributed by atoms with van der Waals surface area (Å²) in [4.78, 5) is 38.4. The Morgan fingerprint density at radius 3 is 2.49 bits per heavy atom. The molecule has 0 spiro atoms. The first-order chi connectivity index (χ1) is 21.8. The Morgan fingerprint density at radius 1 is 1.00 bits per heavy atom. The summed E-state index contributed by atoms with van der Waals surface area (Å²) in [5, 5.41) is 14.0. The molecule has 1 aliphatic carbocycles. The molecule has 15 heteroatoms. The Labute approximate surface area is 253 Å². The summed E-state index contributed by atoms with van der Waals surface area (Å²) in [5.41, 5.74) is 3.04. The molecule has 5 aromatic rings. The maximum atomic E-state index is 13.5. The lowest BCUT2D eigenvalue weighted by Gasteiger charge is -2.38. The molecule has 45 heavy (non-hydrogen) atoms. The van der Waals surface area contributed by atoms with Crippen LogP contribution < -0.4 is 5.32 Å². The van der Waals surface area contributed by atoms with Gasteiger partial charge in [-0.2, -0.15) is 8.78 Å².